The molecule has 2 heterocycles. The van der Waals surface area contributed by atoms with Crippen LogP contribution < -0.4 is 11.4 Å². The van der Waals surface area contributed by atoms with Crippen LogP contribution in [-0.2, 0) is 0 Å². The Kier molecular flexibility index (Phi) is 2.31. The molecule has 3 aromatic rings. The summed E-state index contributed by atoms with van der Waals surface area (Å²) in [5.74, 6) is 0.146. The SMILES string of the molecule is Nc1nnc(-c2cc(=O)oc3ccc(Cl)cc23)o1. The van der Waals surface area contributed by atoms with Crippen LogP contribution in [0.2, 0.25) is 5.02 Å². The quantitative estimate of drug-likeness (QED) is 0.675. The number of rotatable bonds is 1. The number of benzene rings is 1. The third-order valence-corrected chi connectivity index (χ3v) is 2.61. The molecule has 0 aliphatic carbocycles. The Morgan fingerprint density at radius 1 is 1.17 bits per heavy atom. The average molecular weight is 264 g/mol. The molecule has 0 aliphatic rings. The first-order chi connectivity index (χ1) is 8.63. The van der Waals surface area contributed by atoms with Gasteiger partial charge >= 0.3 is 11.6 Å². The molecule has 0 saturated heterocycles. The molecule has 18 heavy (non-hydrogen) atoms. The summed E-state index contributed by atoms with van der Waals surface area (Å²) >= 11 is 5.91. The van der Waals surface area contributed by atoms with Gasteiger partial charge in [-0.3, -0.25) is 0 Å². The van der Waals surface area contributed by atoms with Crippen LogP contribution in [0.25, 0.3) is 22.4 Å². The van der Waals surface area contributed by atoms with E-state index in [-0.39, 0.29) is 11.9 Å². The van der Waals surface area contributed by atoms with Crippen LogP contribution in [0.4, 0.5) is 6.01 Å². The molecule has 6 nitrogen and oxygen atoms in total. The second kappa shape index (κ2) is 3.85. The van der Waals surface area contributed by atoms with Crippen molar-refractivity contribution in [3.63, 3.8) is 0 Å². The van der Waals surface area contributed by atoms with E-state index in [4.69, 9.17) is 26.2 Å². The molecule has 0 aliphatic heterocycles. The molecule has 0 spiro atoms. The van der Waals surface area contributed by atoms with Crippen molar-refractivity contribution in [3.8, 4) is 11.5 Å². The fourth-order valence-corrected chi connectivity index (χ4v) is 1.83. The zero-order chi connectivity index (χ0) is 12.7. The van der Waals surface area contributed by atoms with Crippen LogP contribution in [0.1, 0.15) is 0 Å². The average Bonchev–Trinajstić information content (AvgIpc) is 2.75. The van der Waals surface area contributed by atoms with Gasteiger partial charge in [0.2, 0.25) is 0 Å². The molecule has 2 N–H and O–H groups in total. The molecule has 0 amide bonds. The predicted molar refractivity (Wildman–Crippen MR) is 65.2 cm³/mol. The summed E-state index contributed by atoms with van der Waals surface area (Å²) in [6, 6.07) is 6.05. The van der Waals surface area contributed by atoms with Crippen molar-refractivity contribution in [3.05, 3.63) is 39.7 Å². The maximum Gasteiger partial charge on any atom is 0.337 e. The number of nitrogen functional groups attached to an aromatic ring is 1. The minimum Gasteiger partial charge on any atom is -0.423 e. The van der Waals surface area contributed by atoms with Gasteiger partial charge in [-0.2, -0.15) is 0 Å². The van der Waals surface area contributed by atoms with E-state index >= 15 is 0 Å². The fourth-order valence-electron chi connectivity index (χ4n) is 1.66. The highest BCUT2D eigenvalue weighted by Crippen LogP contribution is 2.28. The first kappa shape index (κ1) is 10.8. The number of hydrogen-bond donors (Lipinski definition) is 1. The Balaban J connectivity index is 2.40. The number of fused-ring (bicyclic) bond motifs is 1. The van der Waals surface area contributed by atoms with Crippen molar-refractivity contribution in [1.29, 1.82) is 0 Å². The number of anilines is 1. The Hall–Kier alpha value is -2.34. The molecule has 3 rings (SSSR count). The van der Waals surface area contributed by atoms with Crippen LogP contribution in [0.5, 0.6) is 0 Å². The van der Waals surface area contributed by atoms with Gasteiger partial charge in [-0.1, -0.05) is 16.7 Å². The van der Waals surface area contributed by atoms with Crippen LogP contribution in [0, 0.1) is 0 Å². The highest BCUT2D eigenvalue weighted by atomic mass is 35.5. The highest BCUT2D eigenvalue weighted by molar-refractivity contribution is 6.31. The minimum atomic E-state index is -0.517. The first-order valence-electron chi connectivity index (χ1n) is 4.96. The van der Waals surface area contributed by atoms with E-state index in [2.05, 4.69) is 10.2 Å². The second-order valence-corrected chi connectivity index (χ2v) is 4.00. The first-order valence-corrected chi connectivity index (χ1v) is 5.34. The molecule has 0 saturated carbocycles. The van der Waals surface area contributed by atoms with E-state index in [1.807, 2.05) is 0 Å². The van der Waals surface area contributed by atoms with E-state index < -0.39 is 5.63 Å². The second-order valence-electron chi connectivity index (χ2n) is 3.57. The summed E-state index contributed by atoms with van der Waals surface area (Å²) in [5.41, 5.74) is 5.67. The van der Waals surface area contributed by atoms with E-state index in [9.17, 15) is 4.79 Å². The molecule has 7 heteroatoms. The minimum absolute atomic E-state index is 0.0755. The molecular formula is C11H6ClN3O3. The van der Waals surface area contributed by atoms with Gasteiger partial charge in [-0.25, -0.2) is 4.79 Å². The number of halogens is 1. The molecule has 0 atom stereocenters. The Morgan fingerprint density at radius 2 is 2.00 bits per heavy atom. The van der Waals surface area contributed by atoms with E-state index in [0.29, 0.717) is 21.6 Å². The van der Waals surface area contributed by atoms with Crippen LogP contribution in [0.3, 0.4) is 0 Å². The maximum absolute atomic E-state index is 11.4. The molecule has 0 bridgehead atoms. The summed E-state index contributed by atoms with van der Waals surface area (Å²) in [4.78, 5) is 11.4. The third-order valence-electron chi connectivity index (χ3n) is 2.38. The third kappa shape index (κ3) is 1.72. The number of nitrogens with two attached hydrogens (primary N) is 1. The molecule has 90 valence electrons. The largest absolute Gasteiger partial charge is 0.423 e. The van der Waals surface area contributed by atoms with Gasteiger partial charge in [0.25, 0.3) is 5.89 Å². The number of hydrogen-bond acceptors (Lipinski definition) is 6. The molecule has 1 aromatic carbocycles. The Morgan fingerprint density at radius 3 is 2.72 bits per heavy atom. The van der Waals surface area contributed by atoms with E-state index in [0.717, 1.165) is 0 Å². The van der Waals surface area contributed by atoms with Crippen LogP contribution in [-0.4, -0.2) is 10.2 Å². The molecular weight excluding hydrogens is 258 g/mol. The zero-order valence-corrected chi connectivity index (χ0v) is 9.64. The number of nitrogens with zero attached hydrogens (tertiary/aromatic N) is 2. The van der Waals surface area contributed by atoms with Crippen molar-refractivity contribution in [2.24, 2.45) is 0 Å². The molecule has 0 unspecified atom stereocenters. The lowest BCUT2D eigenvalue weighted by Gasteiger charge is -2.01. The zero-order valence-electron chi connectivity index (χ0n) is 8.88. The van der Waals surface area contributed by atoms with Gasteiger partial charge in [0.05, 0.1) is 5.56 Å². The fraction of sp³-hybridized carbons (Fsp3) is 0. The van der Waals surface area contributed by atoms with Crippen molar-refractivity contribution in [2.75, 3.05) is 5.73 Å². The van der Waals surface area contributed by atoms with Crippen molar-refractivity contribution < 1.29 is 8.83 Å². The molecule has 0 fully saturated rings. The van der Waals surface area contributed by atoms with Gasteiger partial charge in [0.15, 0.2) is 0 Å². The summed E-state index contributed by atoms with van der Waals surface area (Å²) in [6.45, 7) is 0. The van der Waals surface area contributed by atoms with Gasteiger partial charge in [0.1, 0.15) is 5.58 Å². The summed E-state index contributed by atoms with van der Waals surface area (Å²) in [6.07, 6.45) is 0. The lowest BCUT2D eigenvalue weighted by molar-refractivity contribution is 0.557. The molecule has 0 radical (unpaired) electrons. The van der Waals surface area contributed by atoms with Gasteiger partial charge in [-0.15, -0.1) is 5.10 Å². The van der Waals surface area contributed by atoms with Gasteiger partial charge < -0.3 is 14.6 Å². The Labute approximate surface area is 105 Å². The Bertz CT molecular complexity index is 794. The van der Waals surface area contributed by atoms with Crippen molar-refractivity contribution in [2.45, 2.75) is 0 Å². The van der Waals surface area contributed by atoms with Gasteiger partial charge in [0, 0.05) is 16.5 Å². The standard InChI is InChI=1S/C11H6ClN3O3/c12-5-1-2-8-6(3-5)7(4-9(16)17-8)10-14-15-11(13)18-10/h1-4H,(H2,13,15). The highest BCUT2D eigenvalue weighted by Gasteiger charge is 2.13. The summed E-state index contributed by atoms with van der Waals surface area (Å²) < 4.78 is 10.2. The van der Waals surface area contributed by atoms with Gasteiger partial charge in [-0.05, 0) is 18.2 Å². The lowest BCUT2D eigenvalue weighted by atomic mass is 10.1. The smallest absolute Gasteiger partial charge is 0.337 e. The lowest BCUT2D eigenvalue weighted by Crippen LogP contribution is -1.98. The van der Waals surface area contributed by atoms with Crippen LogP contribution >= 0.6 is 11.6 Å². The maximum atomic E-state index is 11.4. The number of aromatic nitrogens is 2. The van der Waals surface area contributed by atoms with E-state index in [1.54, 1.807) is 18.2 Å². The topological polar surface area (TPSA) is 95.2 Å². The normalized spacial score (nSPS) is 10.9. The summed E-state index contributed by atoms with van der Waals surface area (Å²) in [5, 5.41) is 8.40. The summed E-state index contributed by atoms with van der Waals surface area (Å²) in [7, 11) is 0. The van der Waals surface area contributed by atoms with E-state index in [1.165, 1.54) is 6.07 Å². The monoisotopic (exact) mass is 263 g/mol. The van der Waals surface area contributed by atoms with Crippen LogP contribution in [0.15, 0.2) is 37.9 Å². The molecule has 2 aromatic heterocycles. The van der Waals surface area contributed by atoms with Crippen molar-refractivity contribution in [1.82, 2.24) is 10.2 Å². The van der Waals surface area contributed by atoms with Crippen molar-refractivity contribution >= 4 is 28.6 Å². The predicted octanol–water partition coefficient (Wildman–Crippen LogP) is 2.08.